The molecular formula is C23H22F4N2O. The maximum absolute atomic E-state index is 14.0. The van der Waals surface area contributed by atoms with Crippen molar-refractivity contribution in [3.63, 3.8) is 0 Å². The molecule has 158 valence electrons. The van der Waals surface area contributed by atoms with Crippen LogP contribution in [0.25, 0.3) is 10.8 Å². The van der Waals surface area contributed by atoms with E-state index in [1.54, 1.807) is 29.2 Å². The SMILES string of the molecule is CCN(CC)C(=O)c1ccc(Nc2cccc(F)c2C(F)(F)F)c2cccc(C)c12. The van der Waals surface area contributed by atoms with Crippen molar-refractivity contribution in [3.05, 3.63) is 71.0 Å². The normalized spacial score (nSPS) is 11.6. The quantitative estimate of drug-likeness (QED) is 0.478. The van der Waals surface area contributed by atoms with Gasteiger partial charge in [-0.2, -0.15) is 13.2 Å². The molecule has 0 heterocycles. The summed E-state index contributed by atoms with van der Waals surface area (Å²) in [7, 11) is 0. The van der Waals surface area contributed by atoms with Crippen LogP contribution in [0.15, 0.2) is 48.5 Å². The minimum Gasteiger partial charge on any atom is -0.354 e. The first-order valence-electron chi connectivity index (χ1n) is 9.63. The van der Waals surface area contributed by atoms with Gasteiger partial charge in [0, 0.05) is 29.7 Å². The second kappa shape index (κ2) is 8.34. The van der Waals surface area contributed by atoms with Crippen LogP contribution in [-0.2, 0) is 6.18 Å². The second-order valence-corrected chi connectivity index (χ2v) is 6.92. The van der Waals surface area contributed by atoms with E-state index < -0.39 is 17.6 Å². The average Bonchev–Trinajstić information content (AvgIpc) is 2.68. The number of hydrogen-bond acceptors (Lipinski definition) is 2. The number of aryl methyl sites for hydroxylation is 1. The highest BCUT2D eigenvalue weighted by atomic mass is 19.4. The van der Waals surface area contributed by atoms with Crippen LogP contribution in [0.2, 0.25) is 0 Å². The van der Waals surface area contributed by atoms with Gasteiger partial charge < -0.3 is 10.2 Å². The smallest absolute Gasteiger partial charge is 0.354 e. The minimum atomic E-state index is -4.85. The van der Waals surface area contributed by atoms with E-state index in [0.717, 1.165) is 11.6 Å². The standard InChI is InChI=1S/C23H22F4N2O/c1-4-29(5-2)22(30)16-12-13-18(15-9-6-8-14(3)20(15)16)28-19-11-7-10-17(24)21(19)23(25,26)27/h6-13,28H,4-5H2,1-3H3. The zero-order valence-electron chi connectivity index (χ0n) is 16.9. The van der Waals surface area contributed by atoms with Crippen LogP contribution >= 0.6 is 0 Å². The summed E-state index contributed by atoms with van der Waals surface area (Å²) in [5, 5.41) is 3.97. The number of hydrogen-bond donors (Lipinski definition) is 1. The molecule has 30 heavy (non-hydrogen) atoms. The van der Waals surface area contributed by atoms with E-state index in [2.05, 4.69) is 5.32 Å². The molecule has 0 aliphatic heterocycles. The third-order valence-electron chi connectivity index (χ3n) is 5.10. The number of rotatable bonds is 5. The number of nitrogens with one attached hydrogen (secondary N) is 1. The first-order chi connectivity index (χ1) is 14.2. The van der Waals surface area contributed by atoms with Gasteiger partial charge in [-0.1, -0.05) is 24.3 Å². The first kappa shape index (κ1) is 21.6. The molecule has 0 aliphatic rings. The van der Waals surface area contributed by atoms with Crippen LogP contribution in [0.5, 0.6) is 0 Å². The number of carbonyl (C=O) groups excluding carboxylic acids is 1. The van der Waals surface area contributed by atoms with Gasteiger partial charge in [-0.15, -0.1) is 0 Å². The van der Waals surface area contributed by atoms with Crippen LogP contribution in [0.4, 0.5) is 28.9 Å². The van der Waals surface area contributed by atoms with Crippen molar-refractivity contribution in [2.75, 3.05) is 18.4 Å². The molecule has 0 atom stereocenters. The fourth-order valence-corrected chi connectivity index (χ4v) is 3.62. The Kier molecular flexibility index (Phi) is 6.01. The zero-order valence-corrected chi connectivity index (χ0v) is 16.9. The fraction of sp³-hybridized carbons (Fsp3) is 0.261. The van der Waals surface area contributed by atoms with Gasteiger partial charge in [0.15, 0.2) is 0 Å². The van der Waals surface area contributed by atoms with Crippen molar-refractivity contribution < 1.29 is 22.4 Å². The summed E-state index contributed by atoms with van der Waals surface area (Å²) in [6.07, 6.45) is -4.85. The molecule has 0 spiro atoms. The molecule has 0 bridgehead atoms. The van der Waals surface area contributed by atoms with Gasteiger partial charge in [0.25, 0.3) is 5.91 Å². The number of benzene rings is 3. The Morgan fingerprint density at radius 2 is 1.63 bits per heavy atom. The molecule has 0 radical (unpaired) electrons. The molecule has 3 nitrogen and oxygen atoms in total. The first-order valence-corrected chi connectivity index (χ1v) is 9.63. The minimum absolute atomic E-state index is 0.146. The Morgan fingerprint density at radius 3 is 2.27 bits per heavy atom. The topological polar surface area (TPSA) is 32.3 Å². The van der Waals surface area contributed by atoms with Gasteiger partial charge in [-0.3, -0.25) is 4.79 Å². The van der Waals surface area contributed by atoms with Crippen LogP contribution in [0.3, 0.4) is 0 Å². The Morgan fingerprint density at radius 1 is 0.967 bits per heavy atom. The van der Waals surface area contributed by atoms with Gasteiger partial charge >= 0.3 is 6.18 Å². The van der Waals surface area contributed by atoms with Gasteiger partial charge in [-0.05, 0) is 56.0 Å². The molecule has 1 N–H and O–H groups in total. The van der Waals surface area contributed by atoms with Crippen LogP contribution < -0.4 is 5.32 Å². The summed E-state index contributed by atoms with van der Waals surface area (Å²) >= 11 is 0. The Hall–Kier alpha value is -3.09. The molecule has 0 aliphatic carbocycles. The van der Waals surface area contributed by atoms with Crippen molar-refractivity contribution in [2.24, 2.45) is 0 Å². The molecule has 3 aromatic rings. The van der Waals surface area contributed by atoms with E-state index in [1.807, 2.05) is 26.8 Å². The van der Waals surface area contributed by atoms with Crippen molar-refractivity contribution >= 4 is 28.1 Å². The van der Waals surface area contributed by atoms with E-state index in [-0.39, 0.29) is 11.6 Å². The summed E-state index contributed by atoms with van der Waals surface area (Å²) in [4.78, 5) is 14.7. The molecule has 0 aromatic heterocycles. The summed E-state index contributed by atoms with van der Waals surface area (Å²) in [6.45, 7) is 6.69. The maximum Gasteiger partial charge on any atom is 0.421 e. The lowest BCUT2D eigenvalue weighted by molar-refractivity contribution is -0.139. The number of amides is 1. The van der Waals surface area contributed by atoms with Crippen molar-refractivity contribution in [1.82, 2.24) is 4.90 Å². The molecule has 0 saturated carbocycles. The van der Waals surface area contributed by atoms with Gasteiger partial charge in [0.2, 0.25) is 0 Å². The summed E-state index contributed by atoms with van der Waals surface area (Å²) in [5.74, 6) is -1.49. The zero-order chi connectivity index (χ0) is 22.1. The molecule has 0 fully saturated rings. The van der Waals surface area contributed by atoms with E-state index >= 15 is 0 Å². The summed E-state index contributed by atoms with van der Waals surface area (Å²) in [5.41, 5.74) is -0.0716. The molecule has 0 unspecified atom stereocenters. The molecule has 3 rings (SSSR count). The number of anilines is 2. The number of alkyl halides is 3. The Balaban J connectivity index is 2.18. The van der Waals surface area contributed by atoms with Gasteiger partial charge in [-0.25, -0.2) is 4.39 Å². The van der Waals surface area contributed by atoms with Crippen LogP contribution in [0, 0.1) is 12.7 Å². The number of nitrogens with zero attached hydrogens (tertiary/aromatic N) is 1. The highest BCUT2D eigenvalue weighted by Crippen LogP contribution is 2.39. The molecule has 3 aromatic carbocycles. The van der Waals surface area contributed by atoms with Crippen molar-refractivity contribution in [2.45, 2.75) is 26.9 Å². The van der Waals surface area contributed by atoms with Crippen molar-refractivity contribution in [1.29, 1.82) is 0 Å². The van der Waals surface area contributed by atoms with E-state index in [1.165, 1.54) is 12.1 Å². The van der Waals surface area contributed by atoms with E-state index in [9.17, 15) is 22.4 Å². The highest BCUT2D eigenvalue weighted by Gasteiger charge is 2.37. The Bertz CT molecular complexity index is 1090. The lowest BCUT2D eigenvalue weighted by atomic mass is 9.97. The predicted octanol–water partition coefficient (Wildman–Crippen LogP) is 6.53. The molecule has 0 saturated heterocycles. The van der Waals surface area contributed by atoms with Gasteiger partial charge in [0.05, 0.1) is 5.69 Å². The average molecular weight is 418 g/mol. The third-order valence-corrected chi connectivity index (χ3v) is 5.10. The molecular weight excluding hydrogens is 396 g/mol. The highest BCUT2D eigenvalue weighted by molar-refractivity contribution is 6.11. The van der Waals surface area contributed by atoms with Crippen molar-refractivity contribution in [3.8, 4) is 0 Å². The van der Waals surface area contributed by atoms with Crippen LogP contribution in [0.1, 0.15) is 35.3 Å². The number of halogens is 4. The van der Waals surface area contributed by atoms with E-state index in [4.69, 9.17) is 0 Å². The lowest BCUT2D eigenvalue weighted by Crippen LogP contribution is -2.30. The molecule has 7 heteroatoms. The summed E-state index contributed by atoms with van der Waals surface area (Å²) in [6, 6.07) is 11.7. The maximum atomic E-state index is 14.0. The lowest BCUT2D eigenvalue weighted by Gasteiger charge is -2.22. The Labute approximate surface area is 172 Å². The fourth-order valence-electron chi connectivity index (χ4n) is 3.62. The van der Waals surface area contributed by atoms with Gasteiger partial charge in [0.1, 0.15) is 11.4 Å². The number of carbonyl (C=O) groups is 1. The predicted molar refractivity (Wildman–Crippen MR) is 111 cm³/mol. The van der Waals surface area contributed by atoms with Crippen LogP contribution in [-0.4, -0.2) is 23.9 Å². The largest absolute Gasteiger partial charge is 0.421 e. The monoisotopic (exact) mass is 418 g/mol. The molecule has 1 amide bonds. The number of fused-ring (bicyclic) bond motifs is 1. The third kappa shape index (κ3) is 3.97. The second-order valence-electron chi connectivity index (χ2n) is 6.92. The van der Waals surface area contributed by atoms with E-state index in [0.29, 0.717) is 35.1 Å². The summed E-state index contributed by atoms with van der Waals surface area (Å²) < 4.78 is 54.1.